The summed E-state index contributed by atoms with van der Waals surface area (Å²) in [7, 11) is 3.79. The van der Waals surface area contributed by atoms with Crippen LogP contribution in [0.25, 0.3) is 0 Å². The summed E-state index contributed by atoms with van der Waals surface area (Å²) in [6, 6.07) is 0.0403. The molecule has 174 valence electrons. The Kier molecular flexibility index (Phi) is 8.56. The van der Waals surface area contributed by atoms with Crippen LogP contribution < -0.4 is 16.2 Å². The Bertz CT molecular complexity index is 743. The second-order valence-electron chi connectivity index (χ2n) is 9.29. The Morgan fingerprint density at radius 1 is 1.26 bits per heavy atom. The van der Waals surface area contributed by atoms with E-state index in [9.17, 15) is 9.59 Å². The number of hydrazine groups is 1. The minimum absolute atomic E-state index is 0.0403. The third-order valence-electron chi connectivity index (χ3n) is 5.56. The van der Waals surface area contributed by atoms with Gasteiger partial charge in [-0.25, -0.2) is 10.2 Å². The number of nitrogens with one attached hydrogen (secondary N) is 3. The van der Waals surface area contributed by atoms with Crippen molar-refractivity contribution < 1.29 is 14.3 Å². The fraction of sp³-hybridized carbons (Fsp3) is 0.652. The molecule has 2 amide bonds. The largest absolute Gasteiger partial charge is 0.444 e. The van der Waals surface area contributed by atoms with E-state index in [-0.39, 0.29) is 24.0 Å². The SMILES string of the molecule is CNN/C=C(/C)N(C)C1=C(C(=O)NC2CCN(C(=O)OC(C)(C)C)CC2)C=CC[C@H]1C. The molecule has 0 aromatic carbocycles. The van der Waals surface area contributed by atoms with Crippen LogP contribution in [0, 0.1) is 5.92 Å². The summed E-state index contributed by atoms with van der Waals surface area (Å²) >= 11 is 0. The molecular weight excluding hydrogens is 394 g/mol. The Balaban J connectivity index is 2.04. The van der Waals surface area contributed by atoms with Gasteiger partial charge in [-0.1, -0.05) is 19.1 Å². The summed E-state index contributed by atoms with van der Waals surface area (Å²) in [6.07, 6.45) is 7.91. The van der Waals surface area contributed by atoms with Crippen LogP contribution in [-0.4, -0.2) is 60.6 Å². The van der Waals surface area contributed by atoms with Gasteiger partial charge in [0.15, 0.2) is 0 Å². The van der Waals surface area contributed by atoms with Crippen molar-refractivity contribution in [1.29, 1.82) is 0 Å². The first kappa shape index (κ1) is 24.8. The van der Waals surface area contributed by atoms with Crippen LogP contribution >= 0.6 is 0 Å². The highest BCUT2D eigenvalue weighted by molar-refractivity contribution is 5.97. The molecule has 0 radical (unpaired) electrons. The van der Waals surface area contributed by atoms with Crippen molar-refractivity contribution in [3.05, 3.63) is 35.3 Å². The van der Waals surface area contributed by atoms with Gasteiger partial charge in [0.1, 0.15) is 5.60 Å². The number of ether oxygens (including phenoxy) is 1. The highest BCUT2D eigenvalue weighted by Gasteiger charge is 2.30. The normalized spacial score (nSPS) is 20.5. The molecule has 0 spiro atoms. The predicted octanol–water partition coefficient (Wildman–Crippen LogP) is 2.87. The van der Waals surface area contributed by atoms with Gasteiger partial charge in [0.2, 0.25) is 0 Å². The zero-order valence-electron chi connectivity index (χ0n) is 20.0. The first-order valence-electron chi connectivity index (χ1n) is 11.1. The maximum absolute atomic E-state index is 13.2. The van der Waals surface area contributed by atoms with Crippen molar-refractivity contribution in [2.75, 3.05) is 27.2 Å². The number of likely N-dealkylation sites (tertiary alicyclic amines) is 1. The molecule has 1 aliphatic heterocycles. The van der Waals surface area contributed by atoms with E-state index in [1.807, 2.05) is 54.1 Å². The van der Waals surface area contributed by atoms with Gasteiger partial charge in [-0.15, -0.1) is 0 Å². The highest BCUT2D eigenvalue weighted by atomic mass is 16.6. The van der Waals surface area contributed by atoms with Gasteiger partial charge in [0.05, 0.1) is 5.57 Å². The Labute approximate surface area is 186 Å². The molecule has 8 heteroatoms. The van der Waals surface area contributed by atoms with Crippen LogP contribution in [0.1, 0.15) is 53.9 Å². The lowest BCUT2D eigenvalue weighted by Gasteiger charge is -2.35. The van der Waals surface area contributed by atoms with Crippen LogP contribution in [0.15, 0.2) is 35.3 Å². The van der Waals surface area contributed by atoms with Gasteiger partial charge >= 0.3 is 6.09 Å². The maximum Gasteiger partial charge on any atom is 0.410 e. The molecule has 0 unspecified atom stereocenters. The molecule has 0 aromatic rings. The van der Waals surface area contributed by atoms with Crippen molar-refractivity contribution in [2.24, 2.45) is 5.92 Å². The Hall–Kier alpha value is -2.48. The molecule has 0 saturated carbocycles. The molecule has 1 heterocycles. The van der Waals surface area contributed by atoms with E-state index in [0.29, 0.717) is 31.5 Å². The number of piperidine rings is 1. The maximum atomic E-state index is 13.2. The van der Waals surface area contributed by atoms with Crippen molar-refractivity contribution in [3.8, 4) is 0 Å². The fourth-order valence-electron chi connectivity index (χ4n) is 3.82. The van der Waals surface area contributed by atoms with Crippen molar-refractivity contribution in [3.63, 3.8) is 0 Å². The Morgan fingerprint density at radius 3 is 2.48 bits per heavy atom. The lowest BCUT2D eigenvalue weighted by Crippen LogP contribution is -2.48. The fourth-order valence-corrected chi connectivity index (χ4v) is 3.82. The van der Waals surface area contributed by atoms with E-state index >= 15 is 0 Å². The molecule has 2 rings (SSSR count). The van der Waals surface area contributed by atoms with Crippen LogP contribution in [-0.2, 0) is 9.53 Å². The molecule has 1 fully saturated rings. The summed E-state index contributed by atoms with van der Waals surface area (Å²) in [5.74, 6) is 0.178. The molecule has 1 saturated heterocycles. The summed E-state index contributed by atoms with van der Waals surface area (Å²) in [5.41, 5.74) is 8.08. The number of carbonyl (C=O) groups excluding carboxylic acids is 2. The van der Waals surface area contributed by atoms with Gasteiger partial charge in [0.25, 0.3) is 5.91 Å². The van der Waals surface area contributed by atoms with E-state index < -0.39 is 5.60 Å². The number of allylic oxidation sites excluding steroid dienone is 3. The minimum Gasteiger partial charge on any atom is -0.444 e. The lowest BCUT2D eigenvalue weighted by molar-refractivity contribution is -0.118. The first-order valence-corrected chi connectivity index (χ1v) is 11.1. The molecule has 3 N–H and O–H groups in total. The number of hydrogen-bond acceptors (Lipinski definition) is 6. The topological polar surface area (TPSA) is 85.9 Å². The van der Waals surface area contributed by atoms with Crippen molar-refractivity contribution in [2.45, 2.75) is 65.5 Å². The summed E-state index contributed by atoms with van der Waals surface area (Å²) < 4.78 is 5.45. The lowest BCUT2D eigenvalue weighted by atomic mass is 9.91. The van der Waals surface area contributed by atoms with Crippen molar-refractivity contribution in [1.82, 2.24) is 26.0 Å². The second kappa shape index (κ2) is 10.7. The molecular formula is C23H39N5O3. The number of carbonyl (C=O) groups is 2. The summed E-state index contributed by atoms with van der Waals surface area (Å²) in [4.78, 5) is 29.2. The molecule has 2 aliphatic rings. The van der Waals surface area contributed by atoms with Crippen LogP contribution in [0.3, 0.4) is 0 Å². The predicted molar refractivity (Wildman–Crippen MR) is 123 cm³/mol. The van der Waals surface area contributed by atoms with Crippen LogP contribution in [0.5, 0.6) is 0 Å². The first-order chi connectivity index (χ1) is 14.5. The van der Waals surface area contributed by atoms with Gasteiger partial charge in [-0.05, 0) is 47.0 Å². The van der Waals surface area contributed by atoms with Gasteiger partial charge < -0.3 is 25.3 Å². The van der Waals surface area contributed by atoms with E-state index in [4.69, 9.17) is 4.74 Å². The second-order valence-corrected chi connectivity index (χ2v) is 9.29. The third kappa shape index (κ3) is 7.02. The zero-order valence-corrected chi connectivity index (χ0v) is 20.0. The summed E-state index contributed by atoms with van der Waals surface area (Å²) in [5, 5.41) is 3.18. The van der Waals surface area contributed by atoms with Gasteiger partial charge in [-0.3, -0.25) is 4.79 Å². The number of amides is 2. The van der Waals surface area contributed by atoms with Gasteiger partial charge in [0, 0.05) is 56.7 Å². The average molecular weight is 434 g/mol. The van der Waals surface area contributed by atoms with Crippen LogP contribution in [0.2, 0.25) is 0 Å². The standard InChI is InChI=1S/C23H39N5O3/c1-16-9-8-10-19(20(16)27(7)17(2)15-25-24-6)21(29)26-18-11-13-28(14-12-18)22(30)31-23(3,4)5/h8,10,15-16,18,24-25H,9,11-14H2,1-7H3,(H,26,29)/b17-15-/t16-/m1/s1. The average Bonchev–Trinajstić information content (AvgIpc) is 2.70. The van der Waals surface area contributed by atoms with E-state index in [1.165, 1.54) is 0 Å². The molecule has 31 heavy (non-hydrogen) atoms. The quantitative estimate of drug-likeness (QED) is 0.559. The monoisotopic (exact) mass is 433 g/mol. The zero-order chi connectivity index (χ0) is 23.2. The molecule has 8 nitrogen and oxygen atoms in total. The van der Waals surface area contributed by atoms with Gasteiger partial charge in [-0.2, -0.15) is 0 Å². The molecule has 0 aromatic heterocycles. The molecule has 0 bridgehead atoms. The molecule has 1 aliphatic carbocycles. The smallest absolute Gasteiger partial charge is 0.410 e. The van der Waals surface area contributed by atoms with Crippen LogP contribution in [0.4, 0.5) is 4.79 Å². The van der Waals surface area contributed by atoms with E-state index in [1.54, 1.807) is 4.90 Å². The van der Waals surface area contributed by atoms with E-state index in [2.05, 4.69) is 34.1 Å². The van der Waals surface area contributed by atoms with Crippen molar-refractivity contribution >= 4 is 12.0 Å². The Morgan fingerprint density at radius 2 is 1.90 bits per heavy atom. The number of nitrogens with zero attached hydrogens (tertiary/aromatic N) is 2. The minimum atomic E-state index is -0.504. The molecule has 1 atom stereocenters. The highest BCUT2D eigenvalue weighted by Crippen LogP contribution is 2.30. The van der Waals surface area contributed by atoms with E-state index in [0.717, 1.165) is 17.8 Å². The number of hydrogen-bond donors (Lipinski definition) is 3. The third-order valence-corrected chi connectivity index (χ3v) is 5.56. The number of rotatable bonds is 6. The summed E-state index contributed by atoms with van der Waals surface area (Å²) in [6.45, 7) is 10.9.